The van der Waals surface area contributed by atoms with Gasteiger partial charge in [0, 0.05) is 0 Å². The molecule has 0 saturated heterocycles. The van der Waals surface area contributed by atoms with Gasteiger partial charge in [-0.05, 0) is 0 Å². The van der Waals surface area contributed by atoms with E-state index in [2.05, 4.69) is 11.1 Å². The van der Waals surface area contributed by atoms with E-state index in [4.69, 9.17) is 5.73 Å². The van der Waals surface area contributed by atoms with Crippen LogP contribution in [0.5, 0.6) is 0 Å². The Morgan fingerprint density at radius 1 is 1.86 bits per heavy atom. The molecule has 2 N–H and O–H groups in total. The fourth-order valence-electron chi connectivity index (χ4n) is 0.0757. The zero-order valence-corrected chi connectivity index (χ0v) is 4.83. The molecule has 0 saturated carbocycles. The Hall–Kier alpha value is -0.560. The van der Waals surface area contributed by atoms with E-state index in [0.717, 1.165) is 0 Å². The number of nitrogens with two attached hydrogens (primary N) is 1. The minimum atomic E-state index is -0.606. The topological polar surface area (TPSA) is 52.3 Å². The van der Waals surface area contributed by atoms with Gasteiger partial charge in [-0.1, -0.05) is 6.58 Å². The van der Waals surface area contributed by atoms with Crippen molar-refractivity contribution in [2.75, 3.05) is 0 Å². The molecule has 0 fully saturated rings. The van der Waals surface area contributed by atoms with E-state index in [1.807, 2.05) is 0 Å². The van der Waals surface area contributed by atoms with Crippen molar-refractivity contribution in [1.82, 2.24) is 0 Å². The highest BCUT2D eigenvalue weighted by atomic mass is 31.0. The number of carbonyl (C=O) groups is 1. The quantitative estimate of drug-likeness (QED) is 0.384. The van der Waals surface area contributed by atoms with E-state index in [9.17, 15) is 4.79 Å². The van der Waals surface area contributed by atoms with Crippen molar-refractivity contribution in [3.05, 3.63) is 12.3 Å². The van der Waals surface area contributed by atoms with Crippen molar-refractivity contribution in [2.45, 2.75) is 0 Å². The Balaban J connectivity index is 3.58. The van der Waals surface area contributed by atoms with Crippen LogP contribution >= 0.6 is 9.47 Å². The Morgan fingerprint density at radius 3 is 2.29 bits per heavy atom. The smallest absolute Gasteiger partial charge is 0.355 e. The monoisotopic (exact) mass is 119 g/mol. The van der Waals surface area contributed by atoms with Crippen LogP contribution in [0.25, 0.3) is 0 Å². The minimum absolute atomic E-state index is 0.0880. The summed E-state index contributed by atoms with van der Waals surface area (Å²) in [5.41, 5.74) is 4.78. The maximum absolute atomic E-state index is 10.0. The molecule has 0 radical (unpaired) electrons. The first-order valence-electron chi connectivity index (χ1n) is 1.54. The number of carbonyl (C=O) groups excluding carboxylic acids is 1. The molecule has 0 aliphatic heterocycles. The van der Waals surface area contributed by atoms with Crippen LogP contribution in [0.2, 0.25) is 0 Å². The van der Waals surface area contributed by atoms with E-state index in [1.165, 1.54) is 0 Å². The standard InChI is InChI=1S/C3H6NO2P/c1-2(4)3(5)6-7/h1,4,7H2. The van der Waals surface area contributed by atoms with Gasteiger partial charge in [0.25, 0.3) is 0 Å². The Kier molecular flexibility index (Phi) is 2.38. The Bertz CT molecular complexity index is 101. The van der Waals surface area contributed by atoms with Crippen LogP contribution in [0, 0.1) is 0 Å². The summed E-state index contributed by atoms with van der Waals surface area (Å²) in [6, 6.07) is 0. The van der Waals surface area contributed by atoms with Gasteiger partial charge in [-0.3, -0.25) is 0 Å². The lowest BCUT2D eigenvalue weighted by Gasteiger charge is -1.91. The molecule has 0 aliphatic carbocycles. The lowest BCUT2D eigenvalue weighted by molar-refractivity contribution is -0.129. The van der Waals surface area contributed by atoms with Gasteiger partial charge < -0.3 is 10.3 Å². The highest BCUT2D eigenvalue weighted by Crippen LogP contribution is 1.89. The first-order valence-corrected chi connectivity index (χ1v) is 2.01. The van der Waals surface area contributed by atoms with Crippen molar-refractivity contribution in [2.24, 2.45) is 5.73 Å². The molecule has 0 aliphatic rings. The van der Waals surface area contributed by atoms with E-state index >= 15 is 0 Å². The summed E-state index contributed by atoms with van der Waals surface area (Å²) < 4.78 is 4.06. The largest absolute Gasteiger partial charge is 0.447 e. The third-order valence-electron chi connectivity index (χ3n) is 0.369. The summed E-state index contributed by atoms with van der Waals surface area (Å²) in [7, 11) is 1.77. The number of rotatable bonds is 1. The highest BCUT2D eigenvalue weighted by Gasteiger charge is 1.96. The maximum atomic E-state index is 10.0. The predicted molar refractivity (Wildman–Crippen MR) is 29.1 cm³/mol. The minimum Gasteiger partial charge on any atom is -0.447 e. The zero-order chi connectivity index (χ0) is 5.86. The second-order valence-electron chi connectivity index (χ2n) is 0.931. The van der Waals surface area contributed by atoms with Crippen LogP contribution in [0.15, 0.2) is 12.3 Å². The fourth-order valence-corrected chi connectivity index (χ4v) is 0.227. The van der Waals surface area contributed by atoms with Crippen molar-refractivity contribution < 1.29 is 9.32 Å². The molecule has 0 bridgehead atoms. The molecule has 0 spiro atoms. The Labute approximate surface area is 43.8 Å². The molecule has 0 aromatic heterocycles. The lowest BCUT2D eigenvalue weighted by atomic mass is 10.5. The maximum Gasteiger partial charge on any atom is 0.355 e. The van der Waals surface area contributed by atoms with Gasteiger partial charge in [0.15, 0.2) is 0 Å². The van der Waals surface area contributed by atoms with Gasteiger partial charge in [0.05, 0.1) is 9.47 Å². The molecule has 0 aromatic carbocycles. The second-order valence-corrected chi connectivity index (χ2v) is 1.17. The van der Waals surface area contributed by atoms with Crippen LogP contribution in [0.4, 0.5) is 0 Å². The van der Waals surface area contributed by atoms with Crippen LogP contribution < -0.4 is 5.73 Å². The SMILES string of the molecule is C=C(N)C(=O)OP. The lowest BCUT2D eigenvalue weighted by Crippen LogP contribution is -2.08. The second kappa shape index (κ2) is 2.59. The molecular weight excluding hydrogens is 113 g/mol. The van der Waals surface area contributed by atoms with E-state index < -0.39 is 5.97 Å². The van der Waals surface area contributed by atoms with Crippen molar-refractivity contribution in [1.29, 1.82) is 0 Å². The third-order valence-corrected chi connectivity index (χ3v) is 0.583. The van der Waals surface area contributed by atoms with Crippen LogP contribution in [-0.4, -0.2) is 5.97 Å². The molecule has 40 valence electrons. The van der Waals surface area contributed by atoms with Gasteiger partial charge >= 0.3 is 5.97 Å². The highest BCUT2D eigenvalue weighted by molar-refractivity contribution is 7.10. The van der Waals surface area contributed by atoms with Gasteiger partial charge in [0.2, 0.25) is 0 Å². The van der Waals surface area contributed by atoms with Crippen LogP contribution in [0.3, 0.4) is 0 Å². The van der Waals surface area contributed by atoms with Gasteiger partial charge in [0.1, 0.15) is 5.70 Å². The molecular formula is C3H6NO2P. The van der Waals surface area contributed by atoms with E-state index in [1.54, 1.807) is 9.47 Å². The normalized spacial score (nSPS) is 7.57. The number of hydrogen-bond acceptors (Lipinski definition) is 3. The van der Waals surface area contributed by atoms with Gasteiger partial charge in [-0.2, -0.15) is 0 Å². The molecule has 1 atom stereocenters. The predicted octanol–water partition coefficient (Wildman–Crippen LogP) is -0.208. The fraction of sp³-hybridized carbons (Fsp3) is 0. The molecule has 1 unspecified atom stereocenters. The summed E-state index contributed by atoms with van der Waals surface area (Å²) in [6.45, 7) is 3.12. The first kappa shape index (κ1) is 6.44. The van der Waals surface area contributed by atoms with Crippen molar-refractivity contribution in [3.8, 4) is 0 Å². The van der Waals surface area contributed by atoms with Crippen LogP contribution in [-0.2, 0) is 9.32 Å². The molecule has 3 nitrogen and oxygen atoms in total. The molecule has 4 heteroatoms. The van der Waals surface area contributed by atoms with Gasteiger partial charge in [-0.15, -0.1) is 0 Å². The summed E-state index contributed by atoms with van der Waals surface area (Å²) in [5, 5.41) is 0. The molecule has 0 amide bonds. The summed E-state index contributed by atoms with van der Waals surface area (Å²) in [5.74, 6) is -0.606. The average Bonchev–Trinajstić information content (AvgIpc) is 1.65. The van der Waals surface area contributed by atoms with E-state index in [0.29, 0.717) is 0 Å². The average molecular weight is 119 g/mol. The van der Waals surface area contributed by atoms with Crippen molar-refractivity contribution in [3.63, 3.8) is 0 Å². The molecule has 7 heavy (non-hydrogen) atoms. The summed E-state index contributed by atoms with van der Waals surface area (Å²) in [6.07, 6.45) is 0. The number of hydrogen-bond donors (Lipinski definition) is 1. The third kappa shape index (κ3) is 2.18. The summed E-state index contributed by atoms with van der Waals surface area (Å²) in [4.78, 5) is 10.0. The van der Waals surface area contributed by atoms with Crippen molar-refractivity contribution >= 4 is 15.4 Å². The van der Waals surface area contributed by atoms with Crippen LogP contribution in [0.1, 0.15) is 0 Å². The summed E-state index contributed by atoms with van der Waals surface area (Å²) >= 11 is 0. The van der Waals surface area contributed by atoms with E-state index in [-0.39, 0.29) is 5.70 Å². The molecule has 0 rings (SSSR count). The Morgan fingerprint density at radius 2 is 2.29 bits per heavy atom. The molecule has 0 aromatic rings. The molecule has 0 heterocycles. The van der Waals surface area contributed by atoms with Gasteiger partial charge in [-0.25, -0.2) is 4.79 Å². The first-order chi connectivity index (χ1) is 3.18. The zero-order valence-electron chi connectivity index (χ0n) is 3.68.